The fraction of sp³-hybridized carbons (Fsp3) is 0.833. The molecule has 1 unspecified atom stereocenters. The van der Waals surface area contributed by atoms with Gasteiger partial charge in [0.25, 0.3) is 0 Å². The Morgan fingerprint density at radius 2 is 1.81 bits per heavy atom. The van der Waals surface area contributed by atoms with Crippen LogP contribution in [0.25, 0.3) is 0 Å². The summed E-state index contributed by atoms with van der Waals surface area (Å²) in [5, 5.41) is 5.37. The van der Waals surface area contributed by atoms with Crippen molar-refractivity contribution in [2.45, 2.75) is 53.0 Å². The molecule has 1 atom stereocenters. The molecule has 0 fully saturated rings. The zero-order valence-electron chi connectivity index (χ0n) is 11.0. The summed E-state index contributed by atoms with van der Waals surface area (Å²) in [6.45, 7) is 7.57. The minimum Gasteiger partial charge on any atom is -0.357 e. The maximum absolute atomic E-state index is 11.8. The second kappa shape index (κ2) is 6.51. The van der Waals surface area contributed by atoms with Crippen molar-refractivity contribution in [2.24, 2.45) is 5.41 Å². The maximum atomic E-state index is 11.8. The Labute approximate surface area is 98.2 Å². The van der Waals surface area contributed by atoms with Gasteiger partial charge in [-0.2, -0.15) is 0 Å². The summed E-state index contributed by atoms with van der Waals surface area (Å²) >= 11 is 0. The predicted octanol–water partition coefficient (Wildman–Crippen LogP) is 1.45. The smallest absolute Gasteiger partial charge is 0.242 e. The monoisotopic (exact) mass is 228 g/mol. The van der Waals surface area contributed by atoms with Crippen molar-refractivity contribution in [3.05, 3.63) is 0 Å². The summed E-state index contributed by atoms with van der Waals surface area (Å²) in [5.74, 6) is -0.205. The first-order valence-corrected chi connectivity index (χ1v) is 5.85. The van der Waals surface area contributed by atoms with Crippen LogP contribution in [-0.2, 0) is 9.59 Å². The van der Waals surface area contributed by atoms with Gasteiger partial charge in [0, 0.05) is 12.5 Å². The van der Waals surface area contributed by atoms with Crippen LogP contribution in [0.4, 0.5) is 0 Å². The normalized spacial score (nSPS) is 13.1. The summed E-state index contributed by atoms with van der Waals surface area (Å²) in [5.41, 5.74) is -0.460. The number of carbonyl (C=O) groups is 2. The highest BCUT2D eigenvalue weighted by Gasteiger charge is 2.26. The Kier molecular flexibility index (Phi) is 6.08. The Hall–Kier alpha value is -1.06. The van der Waals surface area contributed by atoms with E-state index in [1.165, 1.54) is 0 Å². The topological polar surface area (TPSA) is 58.2 Å². The molecule has 0 heterocycles. The second-order valence-electron chi connectivity index (χ2n) is 5.03. The molecule has 0 aromatic heterocycles. The van der Waals surface area contributed by atoms with Crippen molar-refractivity contribution in [1.29, 1.82) is 0 Å². The van der Waals surface area contributed by atoms with E-state index < -0.39 is 11.5 Å². The van der Waals surface area contributed by atoms with Crippen LogP contribution in [0.5, 0.6) is 0 Å². The number of likely N-dealkylation sites (N-methyl/N-ethyl adjacent to an activating group) is 1. The van der Waals surface area contributed by atoms with Gasteiger partial charge in [0.15, 0.2) is 0 Å². The second-order valence-corrected chi connectivity index (χ2v) is 5.03. The van der Waals surface area contributed by atoms with Crippen molar-refractivity contribution >= 4 is 11.8 Å². The third-order valence-electron chi connectivity index (χ3n) is 2.40. The zero-order valence-corrected chi connectivity index (χ0v) is 11.0. The van der Waals surface area contributed by atoms with Gasteiger partial charge in [0.1, 0.15) is 6.04 Å². The van der Waals surface area contributed by atoms with Crippen LogP contribution < -0.4 is 10.6 Å². The highest BCUT2D eigenvalue weighted by molar-refractivity contribution is 5.89. The minimum absolute atomic E-state index is 0.0859. The average molecular weight is 228 g/mol. The van der Waals surface area contributed by atoms with Gasteiger partial charge < -0.3 is 10.6 Å². The lowest BCUT2D eigenvalue weighted by molar-refractivity contribution is -0.133. The van der Waals surface area contributed by atoms with Crippen LogP contribution in [0.15, 0.2) is 0 Å². The predicted molar refractivity (Wildman–Crippen MR) is 65.0 cm³/mol. The molecule has 0 aliphatic heterocycles. The molecule has 0 saturated carbocycles. The summed E-state index contributed by atoms with van der Waals surface area (Å²) in [6, 6.07) is -0.406. The van der Waals surface area contributed by atoms with Gasteiger partial charge in [0.2, 0.25) is 11.8 Å². The molecule has 0 aliphatic rings. The molecule has 0 aromatic carbocycles. The molecule has 4 nitrogen and oxygen atoms in total. The minimum atomic E-state index is -0.460. The van der Waals surface area contributed by atoms with E-state index >= 15 is 0 Å². The van der Waals surface area contributed by atoms with Crippen LogP contribution in [0.2, 0.25) is 0 Å². The molecule has 2 amide bonds. The molecule has 0 rings (SSSR count). The van der Waals surface area contributed by atoms with Gasteiger partial charge in [-0.1, -0.05) is 40.5 Å². The molecule has 0 radical (unpaired) electrons. The van der Waals surface area contributed by atoms with E-state index in [0.717, 1.165) is 12.8 Å². The van der Waals surface area contributed by atoms with Crippen LogP contribution in [0, 0.1) is 5.41 Å². The Morgan fingerprint density at radius 1 is 1.25 bits per heavy atom. The highest BCUT2D eigenvalue weighted by atomic mass is 16.2. The fourth-order valence-electron chi connectivity index (χ4n) is 1.23. The van der Waals surface area contributed by atoms with Crippen molar-refractivity contribution in [3.63, 3.8) is 0 Å². The molecule has 4 heteroatoms. The van der Waals surface area contributed by atoms with Gasteiger partial charge >= 0.3 is 0 Å². The molecule has 16 heavy (non-hydrogen) atoms. The van der Waals surface area contributed by atoms with E-state index in [-0.39, 0.29) is 11.8 Å². The van der Waals surface area contributed by atoms with Gasteiger partial charge in [-0.3, -0.25) is 9.59 Å². The van der Waals surface area contributed by atoms with Crippen molar-refractivity contribution in [1.82, 2.24) is 10.6 Å². The van der Waals surface area contributed by atoms with E-state index in [2.05, 4.69) is 17.6 Å². The van der Waals surface area contributed by atoms with Crippen LogP contribution in [-0.4, -0.2) is 24.9 Å². The summed E-state index contributed by atoms with van der Waals surface area (Å²) in [4.78, 5) is 23.3. The number of rotatable bonds is 5. The number of carbonyl (C=O) groups excluding carboxylic acids is 2. The number of unbranched alkanes of at least 4 members (excludes halogenated alkanes) is 1. The third kappa shape index (κ3) is 5.14. The van der Waals surface area contributed by atoms with E-state index in [0.29, 0.717) is 6.42 Å². The van der Waals surface area contributed by atoms with Crippen LogP contribution >= 0.6 is 0 Å². The van der Waals surface area contributed by atoms with Gasteiger partial charge in [-0.25, -0.2) is 0 Å². The quantitative estimate of drug-likeness (QED) is 0.748. The molecule has 0 bridgehead atoms. The molecule has 0 aliphatic carbocycles. The summed E-state index contributed by atoms with van der Waals surface area (Å²) in [7, 11) is 1.59. The lowest BCUT2D eigenvalue weighted by Crippen LogP contribution is -2.49. The first kappa shape index (κ1) is 14.9. The lowest BCUT2D eigenvalue weighted by Gasteiger charge is -2.23. The lowest BCUT2D eigenvalue weighted by atomic mass is 9.94. The number of amides is 2. The van der Waals surface area contributed by atoms with E-state index in [4.69, 9.17) is 0 Å². The SMILES string of the molecule is CCCCC(NC(=O)C(C)(C)C)C(=O)NC. The van der Waals surface area contributed by atoms with Crippen molar-refractivity contribution < 1.29 is 9.59 Å². The van der Waals surface area contributed by atoms with Crippen LogP contribution in [0.1, 0.15) is 47.0 Å². The molecule has 0 saturated heterocycles. The maximum Gasteiger partial charge on any atom is 0.242 e. The molecule has 94 valence electrons. The van der Waals surface area contributed by atoms with Crippen LogP contribution in [0.3, 0.4) is 0 Å². The van der Waals surface area contributed by atoms with Gasteiger partial charge in [0.05, 0.1) is 0 Å². The molecule has 0 spiro atoms. The number of nitrogens with one attached hydrogen (secondary N) is 2. The largest absolute Gasteiger partial charge is 0.357 e. The first-order chi connectivity index (χ1) is 7.32. The van der Waals surface area contributed by atoms with E-state index in [9.17, 15) is 9.59 Å². The standard InChI is InChI=1S/C12H24N2O2/c1-6-7-8-9(10(15)13-5)14-11(16)12(2,3)4/h9H,6-8H2,1-5H3,(H,13,15)(H,14,16). The molecule has 2 N–H and O–H groups in total. The van der Waals surface area contributed by atoms with E-state index in [1.54, 1.807) is 7.05 Å². The van der Waals surface area contributed by atoms with E-state index in [1.807, 2.05) is 20.8 Å². The highest BCUT2D eigenvalue weighted by Crippen LogP contribution is 2.13. The zero-order chi connectivity index (χ0) is 12.8. The van der Waals surface area contributed by atoms with Gasteiger partial charge in [-0.15, -0.1) is 0 Å². The summed E-state index contributed by atoms with van der Waals surface area (Å²) < 4.78 is 0. The Morgan fingerprint density at radius 3 is 2.19 bits per heavy atom. The number of hydrogen-bond acceptors (Lipinski definition) is 2. The Balaban J connectivity index is 4.42. The van der Waals surface area contributed by atoms with Crippen molar-refractivity contribution in [3.8, 4) is 0 Å². The molecule has 0 aromatic rings. The first-order valence-electron chi connectivity index (χ1n) is 5.85. The molecular weight excluding hydrogens is 204 g/mol. The van der Waals surface area contributed by atoms with Crippen molar-refractivity contribution in [2.75, 3.05) is 7.05 Å². The molecular formula is C12H24N2O2. The fourth-order valence-corrected chi connectivity index (χ4v) is 1.23. The number of hydrogen-bond donors (Lipinski definition) is 2. The average Bonchev–Trinajstić information content (AvgIpc) is 2.21. The Bertz CT molecular complexity index is 244. The summed E-state index contributed by atoms with van der Waals surface area (Å²) in [6.07, 6.45) is 2.64. The third-order valence-corrected chi connectivity index (χ3v) is 2.40. The van der Waals surface area contributed by atoms with Gasteiger partial charge in [-0.05, 0) is 6.42 Å².